The van der Waals surface area contributed by atoms with Crippen LogP contribution in [0, 0.1) is 0 Å². The molecule has 98 valence electrons. The number of anilines is 1. The zero-order chi connectivity index (χ0) is 13.8. The molecule has 7 heteroatoms. The van der Waals surface area contributed by atoms with E-state index >= 15 is 0 Å². The molecule has 1 aromatic carbocycles. The van der Waals surface area contributed by atoms with Crippen molar-refractivity contribution >= 4 is 34.8 Å². The number of rotatable bonds is 3. The van der Waals surface area contributed by atoms with Crippen molar-refractivity contribution in [2.24, 2.45) is 0 Å². The van der Waals surface area contributed by atoms with Crippen molar-refractivity contribution in [3.05, 3.63) is 46.5 Å². The first-order valence-electron chi connectivity index (χ1n) is 5.30. The molecule has 2 rings (SSSR count). The van der Waals surface area contributed by atoms with Gasteiger partial charge in [0.2, 0.25) is 5.91 Å². The summed E-state index contributed by atoms with van der Waals surface area (Å²) in [4.78, 5) is 19.3. The van der Waals surface area contributed by atoms with Gasteiger partial charge in [-0.2, -0.15) is 0 Å². The maximum absolute atomic E-state index is 11.8. The first kappa shape index (κ1) is 13.6. The number of aromatic nitrogens is 2. The van der Waals surface area contributed by atoms with Crippen molar-refractivity contribution in [3.8, 4) is 5.75 Å². The van der Waals surface area contributed by atoms with E-state index in [1.54, 1.807) is 18.2 Å². The second-order valence-corrected chi connectivity index (χ2v) is 4.40. The highest BCUT2D eigenvalue weighted by molar-refractivity contribution is 6.38. The molecule has 0 aliphatic heterocycles. The number of phenols is 1. The van der Waals surface area contributed by atoms with Gasteiger partial charge in [-0.15, -0.1) is 0 Å². The predicted molar refractivity (Wildman–Crippen MR) is 72.5 cm³/mol. The van der Waals surface area contributed by atoms with Crippen LogP contribution in [0.25, 0.3) is 0 Å². The molecule has 0 bridgehead atoms. The standard InChI is InChI=1S/C12H9Cl2N3O2/c13-11-10(12(14)16-6-15-11)17-9(19)5-7-3-1-2-4-8(7)18/h1-4,6,18H,5H2,(H,17,19). The topological polar surface area (TPSA) is 75.1 Å². The summed E-state index contributed by atoms with van der Waals surface area (Å²) in [6.45, 7) is 0. The van der Waals surface area contributed by atoms with E-state index in [-0.39, 0.29) is 34.1 Å². The molecule has 0 radical (unpaired) electrons. The molecule has 1 aromatic heterocycles. The second-order valence-electron chi connectivity index (χ2n) is 3.68. The van der Waals surface area contributed by atoms with Gasteiger partial charge in [-0.1, -0.05) is 41.4 Å². The zero-order valence-corrected chi connectivity index (χ0v) is 11.1. The third-order valence-electron chi connectivity index (χ3n) is 2.36. The van der Waals surface area contributed by atoms with Gasteiger partial charge in [-0.05, 0) is 6.07 Å². The largest absolute Gasteiger partial charge is 0.508 e. The van der Waals surface area contributed by atoms with Gasteiger partial charge in [0.15, 0.2) is 10.3 Å². The van der Waals surface area contributed by atoms with E-state index < -0.39 is 0 Å². The normalized spacial score (nSPS) is 10.2. The molecule has 19 heavy (non-hydrogen) atoms. The summed E-state index contributed by atoms with van der Waals surface area (Å²) >= 11 is 11.6. The first-order chi connectivity index (χ1) is 9.08. The van der Waals surface area contributed by atoms with Crippen LogP contribution in [0.4, 0.5) is 5.69 Å². The molecule has 0 saturated carbocycles. The van der Waals surface area contributed by atoms with Crippen molar-refractivity contribution in [1.82, 2.24) is 9.97 Å². The number of benzene rings is 1. The Bertz CT molecular complexity index is 599. The van der Waals surface area contributed by atoms with Gasteiger partial charge in [0.05, 0.1) is 6.42 Å². The minimum Gasteiger partial charge on any atom is -0.508 e. The number of carbonyl (C=O) groups excluding carboxylic acids is 1. The summed E-state index contributed by atoms with van der Waals surface area (Å²) in [5.41, 5.74) is 0.662. The lowest BCUT2D eigenvalue weighted by Gasteiger charge is -2.08. The lowest BCUT2D eigenvalue weighted by molar-refractivity contribution is -0.115. The van der Waals surface area contributed by atoms with Crippen LogP contribution >= 0.6 is 23.2 Å². The molecular formula is C12H9Cl2N3O2. The van der Waals surface area contributed by atoms with Gasteiger partial charge in [-0.3, -0.25) is 4.79 Å². The molecule has 0 saturated heterocycles. The van der Waals surface area contributed by atoms with Crippen LogP contribution in [0.3, 0.4) is 0 Å². The Morgan fingerprint density at radius 3 is 2.47 bits per heavy atom. The first-order valence-corrected chi connectivity index (χ1v) is 6.06. The summed E-state index contributed by atoms with van der Waals surface area (Å²) < 4.78 is 0. The molecule has 2 aromatic rings. The van der Waals surface area contributed by atoms with Crippen molar-refractivity contribution in [2.45, 2.75) is 6.42 Å². The predicted octanol–water partition coefficient (Wildman–Crippen LogP) is 2.67. The molecule has 2 N–H and O–H groups in total. The summed E-state index contributed by atoms with van der Waals surface area (Å²) in [5, 5.41) is 12.2. The smallest absolute Gasteiger partial charge is 0.229 e. The minimum atomic E-state index is -0.375. The fraction of sp³-hybridized carbons (Fsp3) is 0.0833. The highest BCUT2D eigenvalue weighted by Gasteiger charge is 2.13. The number of hydrogen-bond donors (Lipinski definition) is 2. The molecule has 0 aliphatic rings. The Hall–Kier alpha value is -1.85. The Morgan fingerprint density at radius 2 is 1.84 bits per heavy atom. The molecule has 5 nitrogen and oxygen atoms in total. The number of para-hydroxylation sites is 1. The molecular weight excluding hydrogens is 289 g/mol. The van der Waals surface area contributed by atoms with E-state index in [0.29, 0.717) is 5.56 Å². The molecule has 0 unspecified atom stereocenters. The number of hydrogen-bond acceptors (Lipinski definition) is 4. The maximum Gasteiger partial charge on any atom is 0.229 e. The molecule has 0 fully saturated rings. The number of aromatic hydroxyl groups is 1. The highest BCUT2D eigenvalue weighted by atomic mass is 35.5. The third-order valence-corrected chi connectivity index (χ3v) is 2.93. The molecule has 0 atom stereocenters. The van der Waals surface area contributed by atoms with Crippen molar-refractivity contribution in [3.63, 3.8) is 0 Å². The number of halogens is 2. The van der Waals surface area contributed by atoms with Gasteiger partial charge < -0.3 is 10.4 Å². The highest BCUT2D eigenvalue weighted by Crippen LogP contribution is 2.26. The van der Waals surface area contributed by atoms with E-state index in [1.807, 2.05) is 0 Å². The summed E-state index contributed by atoms with van der Waals surface area (Å²) in [7, 11) is 0. The van der Waals surface area contributed by atoms with Crippen LogP contribution in [0.5, 0.6) is 5.75 Å². The summed E-state index contributed by atoms with van der Waals surface area (Å²) in [5.74, 6) is -0.320. The number of carbonyl (C=O) groups is 1. The fourth-order valence-electron chi connectivity index (χ4n) is 1.46. The van der Waals surface area contributed by atoms with Gasteiger partial charge >= 0.3 is 0 Å². The Labute approximate surface area is 119 Å². The van der Waals surface area contributed by atoms with Crippen LogP contribution in [0.1, 0.15) is 5.56 Å². The average Bonchev–Trinajstić information content (AvgIpc) is 2.37. The molecule has 1 amide bonds. The Morgan fingerprint density at radius 1 is 1.21 bits per heavy atom. The minimum absolute atomic E-state index is 0.00573. The van der Waals surface area contributed by atoms with E-state index in [0.717, 1.165) is 0 Å². The fourth-order valence-corrected chi connectivity index (χ4v) is 1.87. The summed E-state index contributed by atoms with van der Waals surface area (Å²) in [6.07, 6.45) is 1.19. The van der Waals surface area contributed by atoms with Crippen LogP contribution in [0.2, 0.25) is 10.3 Å². The third kappa shape index (κ3) is 3.33. The molecule has 1 heterocycles. The van der Waals surface area contributed by atoms with Crippen LogP contribution in [0.15, 0.2) is 30.6 Å². The Kier molecular flexibility index (Phi) is 4.19. The quantitative estimate of drug-likeness (QED) is 0.854. The number of nitrogens with zero attached hydrogens (tertiary/aromatic N) is 2. The Balaban J connectivity index is 2.12. The number of nitrogens with one attached hydrogen (secondary N) is 1. The number of phenolic OH excluding ortho intramolecular Hbond substituents is 1. The van der Waals surface area contributed by atoms with Crippen LogP contribution < -0.4 is 5.32 Å². The molecule has 0 aliphatic carbocycles. The van der Waals surface area contributed by atoms with Crippen molar-refractivity contribution < 1.29 is 9.90 Å². The number of amides is 1. The SMILES string of the molecule is O=C(Cc1ccccc1O)Nc1c(Cl)ncnc1Cl. The van der Waals surface area contributed by atoms with Gasteiger partial charge in [0, 0.05) is 5.56 Å². The lowest BCUT2D eigenvalue weighted by Crippen LogP contribution is -2.15. The van der Waals surface area contributed by atoms with Gasteiger partial charge in [0.25, 0.3) is 0 Å². The maximum atomic E-state index is 11.8. The zero-order valence-electron chi connectivity index (χ0n) is 9.60. The average molecular weight is 298 g/mol. The second kappa shape index (κ2) is 5.86. The van der Waals surface area contributed by atoms with E-state index in [1.165, 1.54) is 12.4 Å². The monoisotopic (exact) mass is 297 g/mol. The molecule has 0 spiro atoms. The summed E-state index contributed by atoms with van der Waals surface area (Å²) in [6, 6.07) is 6.57. The van der Waals surface area contributed by atoms with E-state index in [4.69, 9.17) is 23.2 Å². The van der Waals surface area contributed by atoms with Crippen LogP contribution in [-0.2, 0) is 11.2 Å². The van der Waals surface area contributed by atoms with Gasteiger partial charge in [-0.25, -0.2) is 9.97 Å². The van der Waals surface area contributed by atoms with E-state index in [9.17, 15) is 9.90 Å². The lowest BCUT2D eigenvalue weighted by atomic mass is 10.1. The van der Waals surface area contributed by atoms with Gasteiger partial charge in [0.1, 0.15) is 17.8 Å². The van der Waals surface area contributed by atoms with E-state index in [2.05, 4.69) is 15.3 Å². The van der Waals surface area contributed by atoms with Crippen molar-refractivity contribution in [2.75, 3.05) is 5.32 Å². The van der Waals surface area contributed by atoms with Crippen molar-refractivity contribution in [1.29, 1.82) is 0 Å². The van der Waals surface area contributed by atoms with Crippen LogP contribution in [-0.4, -0.2) is 21.0 Å².